The molecule has 0 amide bonds. The van der Waals surface area contributed by atoms with Crippen LogP contribution in [0.15, 0.2) is 23.4 Å². The maximum atomic E-state index is 10.8. The van der Waals surface area contributed by atoms with Crippen LogP contribution in [0.25, 0.3) is 0 Å². The van der Waals surface area contributed by atoms with Crippen LogP contribution in [0.4, 0.5) is 0 Å². The van der Waals surface area contributed by atoms with Gasteiger partial charge in [-0.15, -0.1) is 11.8 Å². The zero-order valence-corrected chi connectivity index (χ0v) is 9.98. The number of hydrogen-bond donors (Lipinski definition) is 0. The Morgan fingerprint density at radius 1 is 1.67 bits per heavy atom. The molecular formula is C10H12ClNO2S. The molecule has 0 aromatic carbocycles. The Morgan fingerprint density at radius 2 is 2.47 bits per heavy atom. The van der Waals surface area contributed by atoms with Crippen molar-refractivity contribution in [3.05, 3.63) is 23.4 Å². The summed E-state index contributed by atoms with van der Waals surface area (Å²) in [5.41, 5.74) is 0. The fourth-order valence-electron chi connectivity index (χ4n) is 0.965. The maximum Gasteiger partial charge on any atom is 0.305 e. The number of methoxy groups -OCH3 is 1. The molecule has 0 fully saturated rings. The van der Waals surface area contributed by atoms with Crippen molar-refractivity contribution in [2.24, 2.45) is 0 Å². The number of hydrogen-bond acceptors (Lipinski definition) is 4. The molecule has 5 heteroatoms. The summed E-state index contributed by atoms with van der Waals surface area (Å²) in [4.78, 5) is 14.9. The number of pyridine rings is 1. The van der Waals surface area contributed by atoms with Crippen LogP contribution in [0, 0.1) is 0 Å². The Balaban J connectivity index is 2.26. The molecule has 0 atom stereocenters. The van der Waals surface area contributed by atoms with Gasteiger partial charge in [0.1, 0.15) is 5.03 Å². The Kier molecular flexibility index (Phi) is 5.50. The minimum Gasteiger partial charge on any atom is -0.469 e. The highest BCUT2D eigenvalue weighted by Gasteiger charge is 2.03. The normalized spacial score (nSPS) is 10.0. The van der Waals surface area contributed by atoms with Gasteiger partial charge in [-0.05, 0) is 18.6 Å². The van der Waals surface area contributed by atoms with Crippen LogP contribution < -0.4 is 0 Å². The largest absolute Gasteiger partial charge is 0.469 e. The van der Waals surface area contributed by atoms with Crippen molar-refractivity contribution in [2.75, 3.05) is 12.9 Å². The first-order chi connectivity index (χ1) is 7.24. The third-order valence-electron chi connectivity index (χ3n) is 1.72. The summed E-state index contributed by atoms with van der Waals surface area (Å²) in [7, 11) is 1.39. The van der Waals surface area contributed by atoms with Gasteiger partial charge in [-0.25, -0.2) is 4.98 Å². The van der Waals surface area contributed by atoms with Gasteiger partial charge >= 0.3 is 5.97 Å². The van der Waals surface area contributed by atoms with Crippen LogP contribution in [0.1, 0.15) is 12.8 Å². The summed E-state index contributed by atoms with van der Waals surface area (Å²) >= 11 is 7.47. The summed E-state index contributed by atoms with van der Waals surface area (Å²) in [6, 6.07) is 3.60. The van der Waals surface area contributed by atoms with Crippen molar-refractivity contribution in [2.45, 2.75) is 17.9 Å². The van der Waals surface area contributed by atoms with Crippen LogP contribution in [0.2, 0.25) is 5.02 Å². The highest BCUT2D eigenvalue weighted by atomic mass is 35.5. The second kappa shape index (κ2) is 6.69. The molecule has 1 heterocycles. The number of carbonyl (C=O) groups excluding carboxylic acids is 1. The van der Waals surface area contributed by atoms with Crippen molar-refractivity contribution >= 4 is 29.3 Å². The van der Waals surface area contributed by atoms with Crippen LogP contribution in [0.5, 0.6) is 0 Å². The third kappa shape index (κ3) is 4.53. The van der Waals surface area contributed by atoms with Crippen molar-refractivity contribution < 1.29 is 9.53 Å². The molecule has 0 saturated heterocycles. The van der Waals surface area contributed by atoms with Crippen molar-refractivity contribution in [1.29, 1.82) is 0 Å². The molecule has 0 saturated carbocycles. The van der Waals surface area contributed by atoms with Crippen LogP contribution in [-0.2, 0) is 9.53 Å². The van der Waals surface area contributed by atoms with E-state index in [-0.39, 0.29) is 5.97 Å². The summed E-state index contributed by atoms with van der Waals surface area (Å²) < 4.78 is 4.54. The molecule has 15 heavy (non-hydrogen) atoms. The molecule has 0 aliphatic heterocycles. The van der Waals surface area contributed by atoms with E-state index in [1.807, 2.05) is 0 Å². The number of halogens is 1. The number of esters is 1. The van der Waals surface area contributed by atoms with E-state index in [0.29, 0.717) is 11.4 Å². The number of ether oxygens (including phenoxy) is 1. The summed E-state index contributed by atoms with van der Waals surface area (Å²) in [6.07, 6.45) is 2.91. The van der Waals surface area contributed by atoms with E-state index in [0.717, 1.165) is 17.2 Å². The molecule has 3 nitrogen and oxygen atoms in total. The summed E-state index contributed by atoms with van der Waals surface area (Å²) in [5, 5.41) is 1.46. The summed E-state index contributed by atoms with van der Waals surface area (Å²) in [5.74, 6) is 0.633. The summed E-state index contributed by atoms with van der Waals surface area (Å²) in [6.45, 7) is 0. The molecule has 0 unspecified atom stereocenters. The number of nitrogens with zero attached hydrogens (tertiary/aromatic N) is 1. The van der Waals surface area contributed by atoms with Gasteiger partial charge in [-0.2, -0.15) is 0 Å². The van der Waals surface area contributed by atoms with E-state index in [2.05, 4.69) is 9.72 Å². The lowest BCUT2D eigenvalue weighted by atomic mass is 10.3. The molecule has 0 spiro atoms. The number of carbonyl (C=O) groups is 1. The quantitative estimate of drug-likeness (QED) is 0.454. The number of rotatable bonds is 5. The number of thioether (sulfide) groups is 1. The molecule has 1 aromatic heterocycles. The Hall–Kier alpha value is -0.740. The molecule has 1 aromatic rings. The van der Waals surface area contributed by atoms with Gasteiger partial charge < -0.3 is 4.74 Å². The monoisotopic (exact) mass is 245 g/mol. The van der Waals surface area contributed by atoms with Crippen LogP contribution >= 0.6 is 23.4 Å². The lowest BCUT2D eigenvalue weighted by molar-refractivity contribution is -0.140. The Morgan fingerprint density at radius 3 is 3.13 bits per heavy atom. The highest BCUT2D eigenvalue weighted by Crippen LogP contribution is 2.24. The molecule has 82 valence electrons. The third-order valence-corrected chi connectivity index (χ3v) is 3.23. The molecule has 0 N–H and O–H groups in total. The van der Waals surface area contributed by atoms with Gasteiger partial charge in [0.05, 0.1) is 12.1 Å². The number of aromatic nitrogens is 1. The minimum atomic E-state index is -0.178. The second-order valence-corrected chi connectivity index (χ2v) is 4.31. The van der Waals surface area contributed by atoms with E-state index in [9.17, 15) is 4.79 Å². The van der Waals surface area contributed by atoms with E-state index in [4.69, 9.17) is 11.6 Å². The topological polar surface area (TPSA) is 39.2 Å². The van der Waals surface area contributed by atoms with Gasteiger partial charge in [-0.1, -0.05) is 11.6 Å². The first kappa shape index (κ1) is 12.3. The first-order valence-electron chi connectivity index (χ1n) is 4.54. The molecule has 0 aliphatic carbocycles. The van der Waals surface area contributed by atoms with E-state index < -0.39 is 0 Å². The molecular weight excluding hydrogens is 234 g/mol. The SMILES string of the molecule is COC(=O)CCCSc1ncccc1Cl. The van der Waals surface area contributed by atoms with Crippen molar-refractivity contribution in [3.8, 4) is 0 Å². The molecule has 0 radical (unpaired) electrons. The predicted octanol–water partition coefficient (Wildman–Crippen LogP) is 2.78. The van der Waals surface area contributed by atoms with Crippen molar-refractivity contribution in [3.63, 3.8) is 0 Å². The standard InChI is InChI=1S/C10H12ClNO2S/c1-14-9(13)5-3-7-15-10-8(11)4-2-6-12-10/h2,4,6H,3,5,7H2,1H3. The lowest BCUT2D eigenvalue weighted by Crippen LogP contribution is -2.00. The van der Waals surface area contributed by atoms with E-state index in [1.165, 1.54) is 7.11 Å². The van der Waals surface area contributed by atoms with E-state index >= 15 is 0 Å². The van der Waals surface area contributed by atoms with Gasteiger partial charge in [0, 0.05) is 18.4 Å². The van der Waals surface area contributed by atoms with Gasteiger partial charge in [0.15, 0.2) is 0 Å². The average Bonchev–Trinajstić information content (AvgIpc) is 2.26. The zero-order chi connectivity index (χ0) is 11.1. The fourth-order valence-corrected chi connectivity index (χ4v) is 2.07. The second-order valence-electron chi connectivity index (χ2n) is 2.82. The van der Waals surface area contributed by atoms with Gasteiger partial charge in [0.2, 0.25) is 0 Å². The van der Waals surface area contributed by atoms with Crippen LogP contribution in [-0.4, -0.2) is 23.8 Å². The predicted molar refractivity (Wildman–Crippen MR) is 61.2 cm³/mol. The molecule has 0 aliphatic rings. The van der Waals surface area contributed by atoms with Crippen molar-refractivity contribution in [1.82, 2.24) is 4.98 Å². The highest BCUT2D eigenvalue weighted by molar-refractivity contribution is 7.99. The van der Waals surface area contributed by atoms with E-state index in [1.54, 1.807) is 30.1 Å². The van der Waals surface area contributed by atoms with Gasteiger partial charge in [-0.3, -0.25) is 4.79 Å². The maximum absolute atomic E-state index is 10.8. The first-order valence-corrected chi connectivity index (χ1v) is 5.90. The van der Waals surface area contributed by atoms with Crippen LogP contribution in [0.3, 0.4) is 0 Å². The minimum absolute atomic E-state index is 0.178. The smallest absolute Gasteiger partial charge is 0.305 e. The molecule has 0 bridgehead atoms. The fraction of sp³-hybridized carbons (Fsp3) is 0.400. The Labute approximate surface area is 98.2 Å². The van der Waals surface area contributed by atoms with Gasteiger partial charge in [0.25, 0.3) is 0 Å². The zero-order valence-electron chi connectivity index (χ0n) is 8.40. The Bertz CT molecular complexity index is 333. The average molecular weight is 246 g/mol. The molecule has 1 rings (SSSR count). The lowest BCUT2D eigenvalue weighted by Gasteiger charge is -2.01.